The first-order valence-electron chi connectivity index (χ1n) is 10.00. The Hall–Kier alpha value is -2.70. The summed E-state index contributed by atoms with van der Waals surface area (Å²) in [5, 5.41) is 7.12. The van der Waals surface area contributed by atoms with Crippen LogP contribution in [0.25, 0.3) is 0 Å². The number of nitrogens with zero attached hydrogens (tertiary/aromatic N) is 2. The normalized spacial score (nSPS) is 20.3. The van der Waals surface area contributed by atoms with Crippen molar-refractivity contribution < 1.29 is 41.0 Å². The van der Waals surface area contributed by atoms with Gasteiger partial charge in [0.15, 0.2) is 0 Å². The molecule has 1 aromatic carbocycles. The van der Waals surface area contributed by atoms with Gasteiger partial charge in [-0.3, -0.25) is 0 Å². The molecule has 1 N–H and O–H groups in total. The number of ether oxygens (including phenoxy) is 2. The molecule has 3 heterocycles. The quantitative estimate of drug-likeness (QED) is 0.705. The van der Waals surface area contributed by atoms with E-state index in [1.807, 2.05) is 37.3 Å². The number of carboxylic acid groups (broad SMARTS) is 1. The fraction of sp³-hybridized carbons (Fsp3) is 0.429. The Morgan fingerprint density at radius 1 is 1.21 bits per heavy atom. The molecule has 1 unspecified atom stereocenters. The third-order valence-corrected chi connectivity index (χ3v) is 7.01. The number of halogens is 3. The van der Waals surface area contributed by atoms with E-state index >= 15 is 0 Å². The van der Waals surface area contributed by atoms with Crippen molar-refractivity contribution in [1.82, 2.24) is 9.29 Å². The minimum atomic E-state index is -5.08. The molecule has 1 spiro atoms. The van der Waals surface area contributed by atoms with E-state index in [0.29, 0.717) is 36.9 Å². The minimum Gasteiger partial charge on any atom is -0.475 e. The highest BCUT2D eigenvalue weighted by Gasteiger charge is 2.52. The molecule has 2 aliphatic heterocycles. The fourth-order valence-corrected chi connectivity index (χ4v) is 5.11. The molecule has 0 amide bonds. The Morgan fingerprint density at radius 3 is 2.39 bits per heavy atom. The van der Waals surface area contributed by atoms with Crippen LogP contribution in [0.3, 0.4) is 0 Å². The van der Waals surface area contributed by atoms with E-state index in [-0.39, 0.29) is 6.10 Å². The van der Waals surface area contributed by atoms with Gasteiger partial charge in [-0.1, -0.05) is 23.8 Å². The van der Waals surface area contributed by atoms with Gasteiger partial charge in [-0.15, -0.1) is 0 Å². The van der Waals surface area contributed by atoms with Gasteiger partial charge in [-0.05, 0) is 25.1 Å². The molecule has 2 aromatic rings. The molecule has 1 atom stereocenters. The number of aliphatic carboxylic acids is 1. The molecular weight excluding hydrogens is 465 g/mol. The second-order valence-electron chi connectivity index (χ2n) is 7.82. The van der Waals surface area contributed by atoms with Crippen LogP contribution in [0.4, 0.5) is 13.2 Å². The summed E-state index contributed by atoms with van der Waals surface area (Å²) in [5.41, 5.74) is 0.587. The van der Waals surface area contributed by atoms with Crippen LogP contribution < -0.4 is 4.74 Å². The van der Waals surface area contributed by atoms with Gasteiger partial charge < -0.3 is 14.6 Å². The third kappa shape index (κ3) is 6.21. The first-order chi connectivity index (χ1) is 15.4. The third-order valence-electron chi connectivity index (χ3n) is 5.20. The Balaban J connectivity index is 0.000000383. The first kappa shape index (κ1) is 24.9. The summed E-state index contributed by atoms with van der Waals surface area (Å²) in [4.78, 5) is 13.4. The highest BCUT2D eigenvalue weighted by Crippen LogP contribution is 2.38. The number of pyridine rings is 1. The zero-order valence-electron chi connectivity index (χ0n) is 17.7. The van der Waals surface area contributed by atoms with E-state index in [9.17, 15) is 21.6 Å². The number of hydrogen-bond donors (Lipinski definition) is 1. The molecule has 12 heteroatoms. The highest BCUT2D eigenvalue weighted by atomic mass is 32.2. The molecular formula is C21H23F3N2O6S. The van der Waals surface area contributed by atoms with Gasteiger partial charge in [-0.25, -0.2) is 18.2 Å². The van der Waals surface area contributed by atoms with Gasteiger partial charge in [0, 0.05) is 38.2 Å². The zero-order valence-corrected chi connectivity index (χ0v) is 18.5. The highest BCUT2D eigenvalue weighted by molar-refractivity contribution is 7.89. The molecule has 2 aliphatic rings. The van der Waals surface area contributed by atoms with Gasteiger partial charge in [-0.2, -0.15) is 17.5 Å². The number of hydrogen-bond acceptors (Lipinski definition) is 6. The lowest BCUT2D eigenvalue weighted by molar-refractivity contribution is -0.192. The van der Waals surface area contributed by atoms with Crippen molar-refractivity contribution in [3.8, 4) is 5.88 Å². The summed E-state index contributed by atoms with van der Waals surface area (Å²) in [7, 11) is -3.47. The largest absolute Gasteiger partial charge is 0.490 e. The van der Waals surface area contributed by atoms with Gasteiger partial charge >= 0.3 is 12.1 Å². The summed E-state index contributed by atoms with van der Waals surface area (Å²) in [6, 6.07) is 12.5. The van der Waals surface area contributed by atoms with Crippen LogP contribution in [0.2, 0.25) is 0 Å². The Labute approximate surface area is 189 Å². The van der Waals surface area contributed by atoms with Crippen LogP contribution in [-0.2, 0) is 19.6 Å². The maximum Gasteiger partial charge on any atom is 0.490 e. The van der Waals surface area contributed by atoms with E-state index in [2.05, 4.69) is 4.98 Å². The molecule has 0 aliphatic carbocycles. The molecule has 180 valence electrons. The number of sulfonamides is 1. The number of benzene rings is 1. The summed E-state index contributed by atoms with van der Waals surface area (Å²) in [5.74, 6) is -2.16. The average molecular weight is 488 g/mol. The van der Waals surface area contributed by atoms with Crippen molar-refractivity contribution in [2.45, 2.75) is 42.5 Å². The second kappa shape index (κ2) is 9.65. The van der Waals surface area contributed by atoms with Crippen molar-refractivity contribution in [2.24, 2.45) is 0 Å². The van der Waals surface area contributed by atoms with Crippen molar-refractivity contribution in [3.63, 3.8) is 0 Å². The predicted molar refractivity (Wildman–Crippen MR) is 110 cm³/mol. The van der Waals surface area contributed by atoms with Crippen LogP contribution in [-0.4, -0.2) is 66.4 Å². The minimum absolute atomic E-state index is 0.0112. The van der Waals surface area contributed by atoms with Crippen LogP contribution in [0, 0.1) is 6.92 Å². The molecule has 0 radical (unpaired) electrons. The SMILES string of the molecule is Cc1ccc(S(=O)(=O)N2CC3(CC(Oc4ccccn4)CCO3)C2)cc1.O=C(O)C(F)(F)F. The smallest absolute Gasteiger partial charge is 0.475 e. The van der Waals surface area contributed by atoms with Crippen LogP contribution in [0.5, 0.6) is 5.88 Å². The Kier molecular flexibility index (Phi) is 7.29. The van der Waals surface area contributed by atoms with Gasteiger partial charge in [0.05, 0.1) is 17.1 Å². The lowest BCUT2D eigenvalue weighted by atomic mass is 9.86. The van der Waals surface area contributed by atoms with Crippen LogP contribution in [0.1, 0.15) is 18.4 Å². The molecule has 4 rings (SSSR count). The summed E-state index contributed by atoms with van der Waals surface area (Å²) >= 11 is 0. The van der Waals surface area contributed by atoms with Crippen LogP contribution >= 0.6 is 0 Å². The predicted octanol–water partition coefficient (Wildman–Crippen LogP) is 3.02. The van der Waals surface area contributed by atoms with Crippen molar-refractivity contribution >= 4 is 16.0 Å². The second-order valence-corrected chi connectivity index (χ2v) is 9.76. The first-order valence-corrected chi connectivity index (χ1v) is 11.4. The summed E-state index contributed by atoms with van der Waals surface area (Å²) in [6.07, 6.45) is -1.95. The van der Waals surface area contributed by atoms with Crippen molar-refractivity contribution in [1.29, 1.82) is 0 Å². The standard InChI is InChI=1S/C19H22N2O4S.C2HF3O2/c1-15-5-7-17(8-6-15)26(22,23)21-13-19(14-21)12-16(9-11-24-19)25-18-4-2-3-10-20-18;3-2(4,5)1(6)7/h2-8,10,16H,9,11-14H2,1H3;(H,6,7). The van der Waals surface area contributed by atoms with Crippen LogP contribution in [0.15, 0.2) is 53.6 Å². The summed E-state index contributed by atoms with van der Waals surface area (Å²) < 4.78 is 70.6. The molecule has 1 aromatic heterocycles. The molecule has 0 saturated carbocycles. The molecule has 2 fully saturated rings. The van der Waals surface area contributed by atoms with E-state index < -0.39 is 27.8 Å². The zero-order chi connectivity index (χ0) is 24.3. The Bertz CT molecular complexity index is 1060. The van der Waals surface area contributed by atoms with Crippen molar-refractivity contribution in [3.05, 3.63) is 54.2 Å². The molecule has 0 bridgehead atoms. The number of aryl methyl sites for hydroxylation is 1. The molecule has 33 heavy (non-hydrogen) atoms. The van der Waals surface area contributed by atoms with Gasteiger partial charge in [0.2, 0.25) is 15.9 Å². The molecule has 8 nitrogen and oxygen atoms in total. The summed E-state index contributed by atoms with van der Waals surface area (Å²) in [6.45, 7) is 3.24. The average Bonchev–Trinajstić information content (AvgIpc) is 2.73. The topological polar surface area (TPSA) is 106 Å². The number of carbonyl (C=O) groups is 1. The fourth-order valence-electron chi connectivity index (χ4n) is 3.52. The number of alkyl halides is 3. The van der Waals surface area contributed by atoms with E-state index in [4.69, 9.17) is 19.4 Å². The Morgan fingerprint density at radius 2 is 1.85 bits per heavy atom. The lowest BCUT2D eigenvalue weighted by Gasteiger charge is -2.51. The number of rotatable bonds is 4. The van der Waals surface area contributed by atoms with Gasteiger partial charge in [0.1, 0.15) is 6.10 Å². The number of carboxylic acids is 1. The number of aromatic nitrogens is 1. The maximum absolute atomic E-state index is 12.8. The van der Waals surface area contributed by atoms with Gasteiger partial charge in [0.25, 0.3) is 0 Å². The lowest BCUT2D eigenvalue weighted by Crippen LogP contribution is -2.67. The van der Waals surface area contributed by atoms with E-state index in [1.165, 1.54) is 4.31 Å². The van der Waals surface area contributed by atoms with E-state index in [0.717, 1.165) is 12.0 Å². The monoisotopic (exact) mass is 488 g/mol. The van der Waals surface area contributed by atoms with Crippen molar-refractivity contribution in [2.75, 3.05) is 19.7 Å². The maximum atomic E-state index is 12.8. The molecule has 2 saturated heterocycles. The van der Waals surface area contributed by atoms with E-state index in [1.54, 1.807) is 18.3 Å².